The van der Waals surface area contributed by atoms with E-state index in [1.54, 1.807) is 33.6 Å². The molecule has 4 heteroatoms. The summed E-state index contributed by atoms with van der Waals surface area (Å²) >= 11 is 3.32. The molecule has 0 atom stereocenters. The molecule has 0 spiro atoms. The first-order chi connectivity index (χ1) is 8.66. The predicted molar refractivity (Wildman–Crippen MR) is 78.9 cm³/mol. The Morgan fingerprint density at radius 1 is 1.33 bits per heavy atom. The molecule has 0 saturated heterocycles. The van der Waals surface area contributed by atoms with E-state index < -0.39 is 0 Å². The van der Waals surface area contributed by atoms with Crippen LogP contribution in [-0.2, 0) is 11.3 Å². The van der Waals surface area contributed by atoms with Gasteiger partial charge in [0.25, 0.3) is 0 Å². The highest BCUT2D eigenvalue weighted by atomic mass is 32.1. The van der Waals surface area contributed by atoms with Gasteiger partial charge in [-0.15, -0.1) is 22.7 Å². The van der Waals surface area contributed by atoms with E-state index in [1.165, 1.54) is 10.4 Å². The van der Waals surface area contributed by atoms with Crippen molar-refractivity contribution in [2.45, 2.75) is 13.5 Å². The van der Waals surface area contributed by atoms with E-state index in [4.69, 9.17) is 0 Å². The molecule has 18 heavy (non-hydrogen) atoms. The lowest BCUT2D eigenvalue weighted by atomic mass is 10.3. The van der Waals surface area contributed by atoms with Gasteiger partial charge in [0, 0.05) is 22.9 Å². The monoisotopic (exact) mass is 277 g/mol. The zero-order valence-corrected chi connectivity index (χ0v) is 12.1. The van der Waals surface area contributed by atoms with Gasteiger partial charge < -0.3 is 4.90 Å². The van der Waals surface area contributed by atoms with Crippen molar-refractivity contribution in [2.75, 3.05) is 7.05 Å². The topological polar surface area (TPSA) is 20.3 Å². The second-order valence-corrected chi connectivity index (χ2v) is 6.05. The zero-order chi connectivity index (χ0) is 13.0. The maximum absolute atomic E-state index is 11.9. The van der Waals surface area contributed by atoms with Gasteiger partial charge in [-0.05, 0) is 41.5 Å². The number of rotatable bonds is 4. The minimum Gasteiger partial charge on any atom is -0.337 e. The first kappa shape index (κ1) is 13.1. The minimum atomic E-state index is 0.0381. The summed E-state index contributed by atoms with van der Waals surface area (Å²) < 4.78 is 0. The second-order valence-electron chi connectivity index (χ2n) is 4.07. The van der Waals surface area contributed by atoms with Gasteiger partial charge in [-0.3, -0.25) is 4.79 Å². The molecule has 2 aromatic heterocycles. The minimum absolute atomic E-state index is 0.0381. The van der Waals surface area contributed by atoms with Crippen LogP contribution in [0.3, 0.4) is 0 Å². The fourth-order valence-electron chi connectivity index (χ4n) is 1.53. The number of amides is 1. The molecule has 0 fully saturated rings. The second kappa shape index (κ2) is 5.98. The third-order valence-corrected chi connectivity index (χ3v) is 4.50. The lowest BCUT2D eigenvalue weighted by Crippen LogP contribution is -2.23. The smallest absolute Gasteiger partial charge is 0.246 e. The standard InChI is InChI=1S/C14H15NOS2/c1-11-7-9-18-13(11)10-15(2)14(16)6-5-12-4-3-8-17-12/h3-9H,10H2,1-2H3. The fraction of sp³-hybridized carbons (Fsp3) is 0.214. The molecule has 0 aromatic carbocycles. The van der Waals surface area contributed by atoms with Crippen molar-refractivity contribution in [3.63, 3.8) is 0 Å². The molecule has 0 aliphatic carbocycles. The van der Waals surface area contributed by atoms with E-state index in [-0.39, 0.29) is 5.91 Å². The summed E-state index contributed by atoms with van der Waals surface area (Å²) in [6, 6.07) is 6.06. The van der Waals surface area contributed by atoms with Crippen molar-refractivity contribution in [3.05, 3.63) is 50.4 Å². The molecule has 0 bridgehead atoms. The SMILES string of the molecule is Cc1ccsc1CN(C)C(=O)C=Cc1cccs1. The van der Waals surface area contributed by atoms with Gasteiger partial charge in [-0.25, -0.2) is 0 Å². The Bertz CT molecular complexity index is 540. The summed E-state index contributed by atoms with van der Waals surface area (Å²) in [6.45, 7) is 2.75. The molecule has 0 unspecified atom stereocenters. The van der Waals surface area contributed by atoms with Crippen LogP contribution < -0.4 is 0 Å². The molecule has 0 aliphatic rings. The quantitative estimate of drug-likeness (QED) is 0.779. The lowest BCUT2D eigenvalue weighted by molar-refractivity contribution is -0.125. The third kappa shape index (κ3) is 3.31. The number of hydrogen-bond acceptors (Lipinski definition) is 3. The van der Waals surface area contributed by atoms with Gasteiger partial charge in [-0.2, -0.15) is 0 Å². The van der Waals surface area contributed by atoms with E-state index in [1.807, 2.05) is 30.6 Å². The van der Waals surface area contributed by atoms with Crippen LogP contribution in [0, 0.1) is 6.92 Å². The number of aryl methyl sites for hydroxylation is 1. The van der Waals surface area contributed by atoms with Crippen LogP contribution in [0.25, 0.3) is 6.08 Å². The molecule has 1 amide bonds. The molecule has 2 heterocycles. The maximum Gasteiger partial charge on any atom is 0.246 e. The maximum atomic E-state index is 11.9. The largest absolute Gasteiger partial charge is 0.337 e. The van der Waals surface area contributed by atoms with Gasteiger partial charge in [0.05, 0.1) is 6.54 Å². The van der Waals surface area contributed by atoms with Gasteiger partial charge in [0.1, 0.15) is 0 Å². The predicted octanol–water partition coefficient (Wildman–Crippen LogP) is 3.79. The molecule has 0 aliphatic heterocycles. The zero-order valence-electron chi connectivity index (χ0n) is 10.4. The number of hydrogen-bond donors (Lipinski definition) is 0. The summed E-state index contributed by atoms with van der Waals surface area (Å²) in [5.41, 5.74) is 1.25. The van der Waals surface area contributed by atoms with Gasteiger partial charge >= 0.3 is 0 Å². The molecule has 2 nitrogen and oxygen atoms in total. The van der Waals surface area contributed by atoms with E-state index in [0.717, 1.165) is 4.88 Å². The first-order valence-electron chi connectivity index (χ1n) is 5.66. The van der Waals surface area contributed by atoms with Crippen molar-refractivity contribution < 1.29 is 4.79 Å². The van der Waals surface area contributed by atoms with Crippen LogP contribution in [0.15, 0.2) is 35.0 Å². The average Bonchev–Trinajstić information content (AvgIpc) is 2.99. The Morgan fingerprint density at radius 3 is 2.78 bits per heavy atom. The number of likely N-dealkylation sites (N-methyl/N-ethyl adjacent to an activating group) is 1. The normalized spacial score (nSPS) is 11.0. The van der Waals surface area contributed by atoms with Crippen LogP contribution in [0.4, 0.5) is 0 Å². The van der Waals surface area contributed by atoms with E-state index >= 15 is 0 Å². The molecular formula is C14H15NOS2. The molecule has 2 aromatic rings. The molecule has 0 N–H and O–H groups in total. The van der Waals surface area contributed by atoms with Crippen molar-refractivity contribution >= 4 is 34.7 Å². The highest BCUT2D eigenvalue weighted by Crippen LogP contribution is 2.17. The summed E-state index contributed by atoms with van der Waals surface area (Å²) in [5, 5.41) is 4.06. The number of carbonyl (C=O) groups excluding carboxylic acids is 1. The van der Waals surface area contributed by atoms with Crippen molar-refractivity contribution in [3.8, 4) is 0 Å². The Labute approximate surface area is 115 Å². The van der Waals surface area contributed by atoms with Crippen LogP contribution >= 0.6 is 22.7 Å². The molecule has 0 saturated carbocycles. The summed E-state index contributed by atoms with van der Waals surface area (Å²) in [6.07, 6.45) is 3.50. The molecular weight excluding hydrogens is 262 g/mol. The van der Waals surface area contributed by atoms with Crippen molar-refractivity contribution in [2.24, 2.45) is 0 Å². The Balaban J connectivity index is 1.95. The fourth-order valence-corrected chi connectivity index (χ4v) is 3.10. The lowest BCUT2D eigenvalue weighted by Gasteiger charge is -2.14. The Kier molecular flexibility index (Phi) is 4.33. The van der Waals surface area contributed by atoms with Crippen LogP contribution in [0.2, 0.25) is 0 Å². The molecule has 94 valence electrons. The van der Waals surface area contributed by atoms with E-state index in [0.29, 0.717) is 6.54 Å². The highest BCUT2D eigenvalue weighted by Gasteiger charge is 2.08. The van der Waals surface area contributed by atoms with E-state index in [2.05, 4.69) is 18.4 Å². The number of thiophene rings is 2. The summed E-state index contributed by atoms with van der Waals surface area (Å²) in [5.74, 6) is 0.0381. The van der Waals surface area contributed by atoms with Crippen LogP contribution in [-0.4, -0.2) is 17.9 Å². The average molecular weight is 277 g/mol. The van der Waals surface area contributed by atoms with Crippen LogP contribution in [0.1, 0.15) is 15.3 Å². The molecule has 0 radical (unpaired) electrons. The van der Waals surface area contributed by atoms with Crippen molar-refractivity contribution in [1.82, 2.24) is 4.90 Å². The van der Waals surface area contributed by atoms with Gasteiger partial charge in [0.15, 0.2) is 0 Å². The van der Waals surface area contributed by atoms with Crippen molar-refractivity contribution in [1.29, 1.82) is 0 Å². The summed E-state index contributed by atoms with van der Waals surface area (Å²) in [7, 11) is 1.83. The van der Waals surface area contributed by atoms with Gasteiger partial charge in [-0.1, -0.05) is 6.07 Å². The highest BCUT2D eigenvalue weighted by molar-refractivity contribution is 7.10. The number of nitrogens with zero attached hydrogens (tertiary/aromatic N) is 1. The van der Waals surface area contributed by atoms with Crippen LogP contribution in [0.5, 0.6) is 0 Å². The van der Waals surface area contributed by atoms with Gasteiger partial charge in [0.2, 0.25) is 5.91 Å². The molecule has 2 rings (SSSR count). The Hall–Kier alpha value is -1.39. The first-order valence-corrected chi connectivity index (χ1v) is 7.42. The third-order valence-electron chi connectivity index (χ3n) is 2.66. The summed E-state index contributed by atoms with van der Waals surface area (Å²) in [4.78, 5) is 16.0. The number of carbonyl (C=O) groups is 1. The van der Waals surface area contributed by atoms with E-state index in [9.17, 15) is 4.79 Å². The Morgan fingerprint density at radius 2 is 2.17 bits per heavy atom.